The topological polar surface area (TPSA) is 32.6 Å². The third-order valence-electron chi connectivity index (χ3n) is 2.63. The summed E-state index contributed by atoms with van der Waals surface area (Å²) in [5, 5.41) is 9.38. The third kappa shape index (κ3) is 3.52. The smallest absolute Gasteiger partial charge is 0.0979 e. The average molecular weight is 304 g/mol. The maximum Gasteiger partial charge on any atom is 0.0979 e. The lowest BCUT2D eigenvalue weighted by molar-refractivity contribution is 0.269. The second kappa shape index (κ2) is 6.47. The Morgan fingerprint density at radius 2 is 1.72 bits per heavy atom. The third-order valence-corrected chi connectivity index (χ3v) is 3.16. The zero-order valence-corrected chi connectivity index (χ0v) is 11.4. The van der Waals surface area contributed by atoms with E-state index in [1.807, 2.05) is 54.6 Å². The van der Waals surface area contributed by atoms with E-state index in [0.717, 1.165) is 15.6 Å². The number of aliphatic hydroxyl groups is 1. The number of hydrogen-bond donors (Lipinski definition) is 1. The molecule has 18 heavy (non-hydrogen) atoms. The Hall–Kier alpha value is -1.45. The van der Waals surface area contributed by atoms with E-state index in [2.05, 4.69) is 20.9 Å². The van der Waals surface area contributed by atoms with Crippen LogP contribution in [0.15, 0.2) is 64.1 Å². The van der Waals surface area contributed by atoms with Gasteiger partial charge in [0.15, 0.2) is 0 Å². The normalized spacial score (nSPS) is 12.8. The standard InChI is InChI=1S/C15H14BrNO/c16-14-8-6-12(7-9-14)10-17-15(11-18)13-4-2-1-3-5-13/h1-10,15,18H,11H2/t15-/m1/s1. The Bertz CT molecular complexity index is 508. The van der Waals surface area contributed by atoms with Gasteiger partial charge in [-0.15, -0.1) is 0 Å². The molecule has 2 aromatic rings. The minimum Gasteiger partial charge on any atom is -0.394 e. The number of halogens is 1. The van der Waals surface area contributed by atoms with Crippen molar-refractivity contribution >= 4 is 22.1 Å². The molecule has 92 valence electrons. The van der Waals surface area contributed by atoms with Crippen molar-refractivity contribution in [2.75, 3.05) is 6.61 Å². The van der Waals surface area contributed by atoms with Crippen LogP contribution >= 0.6 is 15.9 Å². The lowest BCUT2D eigenvalue weighted by Gasteiger charge is -2.08. The fraction of sp³-hybridized carbons (Fsp3) is 0.133. The molecular weight excluding hydrogens is 290 g/mol. The van der Waals surface area contributed by atoms with Gasteiger partial charge in [-0.3, -0.25) is 4.99 Å². The fourth-order valence-corrected chi connectivity index (χ4v) is 1.90. The van der Waals surface area contributed by atoms with Crippen molar-refractivity contribution in [3.8, 4) is 0 Å². The molecule has 2 nitrogen and oxygen atoms in total. The van der Waals surface area contributed by atoms with Crippen molar-refractivity contribution in [2.24, 2.45) is 4.99 Å². The summed E-state index contributed by atoms with van der Waals surface area (Å²) in [6.45, 7) is 0.0110. The molecular formula is C15H14BrNO. The van der Waals surface area contributed by atoms with Crippen LogP contribution in [0.5, 0.6) is 0 Å². The van der Waals surface area contributed by atoms with Crippen LogP contribution < -0.4 is 0 Å². The van der Waals surface area contributed by atoms with Crippen LogP contribution in [-0.4, -0.2) is 17.9 Å². The molecule has 0 aliphatic rings. The van der Waals surface area contributed by atoms with Crippen LogP contribution in [-0.2, 0) is 0 Å². The maximum atomic E-state index is 9.38. The molecule has 0 amide bonds. The SMILES string of the molecule is OC[C@@H](N=Cc1ccc(Br)cc1)c1ccccc1. The minimum atomic E-state index is -0.199. The van der Waals surface area contributed by atoms with Crippen molar-refractivity contribution in [1.82, 2.24) is 0 Å². The van der Waals surface area contributed by atoms with Crippen LogP contribution in [0, 0.1) is 0 Å². The molecule has 0 aromatic heterocycles. The molecule has 2 aromatic carbocycles. The maximum absolute atomic E-state index is 9.38. The van der Waals surface area contributed by atoms with E-state index in [9.17, 15) is 5.11 Å². The molecule has 0 fully saturated rings. The predicted octanol–water partition coefficient (Wildman–Crippen LogP) is 3.60. The van der Waals surface area contributed by atoms with E-state index in [0.29, 0.717) is 0 Å². The Kier molecular flexibility index (Phi) is 4.67. The summed E-state index contributed by atoms with van der Waals surface area (Å²) in [6.07, 6.45) is 1.79. The molecule has 0 spiro atoms. The van der Waals surface area contributed by atoms with Gasteiger partial charge in [-0.1, -0.05) is 58.4 Å². The number of aliphatic hydroxyl groups excluding tert-OH is 1. The number of rotatable bonds is 4. The van der Waals surface area contributed by atoms with E-state index in [-0.39, 0.29) is 12.6 Å². The first-order valence-electron chi connectivity index (χ1n) is 5.74. The van der Waals surface area contributed by atoms with Gasteiger partial charge in [0.1, 0.15) is 0 Å². The summed E-state index contributed by atoms with van der Waals surface area (Å²) < 4.78 is 1.04. The first-order valence-corrected chi connectivity index (χ1v) is 6.53. The van der Waals surface area contributed by atoms with Gasteiger partial charge in [0.2, 0.25) is 0 Å². The fourth-order valence-electron chi connectivity index (χ4n) is 1.64. The molecule has 3 heteroatoms. The zero-order valence-electron chi connectivity index (χ0n) is 9.83. The Balaban J connectivity index is 2.13. The lowest BCUT2D eigenvalue weighted by atomic mass is 10.1. The number of nitrogens with zero attached hydrogens (tertiary/aromatic N) is 1. The van der Waals surface area contributed by atoms with Crippen molar-refractivity contribution in [3.05, 3.63) is 70.2 Å². The number of aliphatic imine (C=N–C) groups is 1. The van der Waals surface area contributed by atoms with Crippen LogP contribution in [0.2, 0.25) is 0 Å². The highest BCUT2D eigenvalue weighted by Gasteiger charge is 2.06. The minimum absolute atomic E-state index is 0.0110. The first-order chi connectivity index (χ1) is 8.79. The molecule has 0 saturated heterocycles. The van der Waals surface area contributed by atoms with E-state index >= 15 is 0 Å². The van der Waals surface area contributed by atoms with Gasteiger partial charge in [-0.2, -0.15) is 0 Å². The van der Waals surface area contributed by atoms with Gasteiger partial charge in [0.05, 0.1) is 12.6 Å². The lowest BCUT2D eigenvalue weighted by Crippen LogP contribution is -2.01. The quantitative estimate of drug-likeness (QED) is 0.860. The van der Waals surface area contributed by atoms with Crippen LogP contribution in [0.25, 0.3) is 0 Å². The Morgan fingerprint density at radius 1 is 1.06 bits per heavy atom. The molecule has 0 heterocycles. The van der Waals surface area contributed by atoms with Crippen LogP contribution in [0.4, 0.5) is 0 Å². The molecule has 0 bridgehead atoms. The molecule has 0 radical (unpaired) electrons. The van der Waals surface area contributed by atoms with E-state index < -0.39 is 0 Å². The molecule has 0 aliphatic carbocycles. The Labute approximate surface area is 115 Å². The van der Waals surface area contributed by atoms with E-state index in [4.69, 9.17) is 0 Å². The zero-order chi connectivity index (χ0) is 12.8. The molecule has 0 unspecified atom stereocenters. The van der Waals surface area contributed by atoms with Gasteiger partial charge in [-0.25, -0.2) is 0 Å². The van der Waals surface area contributed by atoms with Crippen LogP contribution in [0.3, 0.4) is 0 Å². The van der Waals surface area contributed by atoms with Gasteiger partial charge in [-0.05, 0) is 23.3 Å². The molecule has 1 atom stereocenters. The van der Waals surface area contributed by atoms with Crippen molar-refractivity contribution < 1.29 is 5.11 Å². The van der Waals surface area contributed by atoms with Gasteiger partial charge in [0, 0.05) is 10.7 Å². The highest BCUT2D eigenvalue weighted by Crippen LogP contribution is 2.16. The average Bonchev–Trinajstić information content (AvgIpc) is 2.43. The summed E-state index contributed by atoms with van der Waals surface area (Å²) in [7, 11) is 0. The number of benzene rings is 2. The summed E-state index contributed by atoms with van der Waals surface area (Å²) >= 11 is 3.39. The highest BCUT2D eigenvalue weighted by atomic mass is 79.9. The molecule has 1 N–H and O–H groups in total. The van der Waals surface area contributed by atoms with Gasteiger partial charge < -0.3 is 5.11 Å². The van der Waals surface area contributed by atoms with Crippen molar-refractivity contribution in [1.29, 1.82) is 0 Å². The second-order valence-corrected chi connectivity index (χ2v) is 4.85. The summed E-state index contributed by atoms with van der Waals surface area (Å²) in [5.41, 5.74) is 2.04. The highest BCUT2D eigenvalue weighted by molar-refractivity contribution is 9.10. The van der Waals surface area contributed by atoms with E-state index in [1.165, 1.54) is 0 Å². The Morgan fingerprint density at radius 3 is 2.33 bits per heavy atom. The monoisotopic (exact) mass is 303 g/mol. The largest absolute Gasteiger partial charge is 0.394 e. The predicted molar refractivity (Wildman–Crippen MR) is 78.0 cm³/mol. The van der Waals surface area contributed by atoms with Gasteiger partial charge in [0.25, 0.3) is 0 Å². The summed E-state index contributed by atoms with van der Waals surface area (Å²) in [6, 6.07) is 17.5. The molecule has 0 saturated carbocycles. The summed E-state index contributed by atoms with van der Waals surface area (Å²) in [4.78, 5) is 4.42. The molecule has 0 aliphatic heterocycles. The van der Waals surface area contributed by atoms with E-state index in [1.54, 1.807) is 6.21 Å². The summed E-state index contributed by atoms with van der Waals surface area (Å²) in [5.74, 6) is 0. The number of hydrogen-bond acceptors (Lipinski definition) is 2. The second-order valence-electron chi connectivity index (χ2n) is 3.94. The van der Waals surface area contributed by atoms with Crippen molar-refractivity contribution in [2.45, 2.75) is 6.04 Å². The first kappa shape index (κ1) is 13.0. The van der Waals surface area contributed by atoms with Gasteiger partial charge >= 0.3 is 0 Å². The molecule has 2 rings (SSSR count). The van der Waals surface area contributed by atoms with Crippen LogP contribution in [0.1, 0.15) is 17.2 Å². The van der Waals surface area contributed by atoms with Crippen molar-refractivity contribution in [3.63, 3.8) is 0 Å².